The first-order valence-corrected chi connectivity index (χ1v) is 5.13. The molecule has 0 bridgehead atoms. The largest absolute Gasteiger partial charge is 0.329 e. The molecular weight excluding hydrogens is 219 g/mol. The van der Waals surface area contributed by atoms with Gasteiger partial charge in [-0.1, -0.05) is 29.3 Å². The summed E-state index contributed by atoms with van der Waals surface area (Å²) in [7, 11) is 3.95. The van der Waals surface area contributed by atoms with Crippen molar-refractivity contribution in [1.82, 2.24) is 4.90 Å². The van der Waals surface area contributed by atoms with Crippen LogP contribution in [0.25, 0.3) is 0 Å². The Labute approximate surface area is 94.6 Å². The van der Waals surface area contributed by atoms with Gasteiger partial charge in [-0.15, -0.1) is 0 Å². The summed E-state index contributed by atoms with van der Waals surface area (Å²) in [5.74, 6) is 0. The number of halogens is 2. The highest BCUT2D eigenvalue weighted by atomic mass is 35.5. The van der Waals surface area contributed by atoms with Gasteiger partial charge >= 0.3 is 0 Å². The SMILES string of the molecule is CN(C)[C@H](CN)c1ccc(Cl)cc1Cl. The molecule has 0 saturated heterocycles. The molecule has 0 aliphatic rings. The van der Waals surface area contributed by atoms with E-state index < -0.39 is 0 Å². The second-order valence-electron chi connectivity index (χ2n) is 3.38. The second-order valence-corrected chi connectivity index (χ2v) is 4.22. The van der Waals surface area contributed by atoms with E-state index in [1.165, 1.54) is 0 Å². The Morgan fingerprint density at radius 2 is 2.00 bits per heavy atom. The van der Waals surface area contributed by atoms with Gasteiger partial charge in [0.1, 0.15) is 0 Å². The summed E-state index contributed by atoms with van der Waals surface area (Å²) >= 11 is 11.9. The molecule has 0 unspecified atom stereocenters. The van der Waals surface area contributed by atoms with E-state index >= 15 is 0 Å². The third-order valence-corrected chi connectivity index (χ3v) is 2.73. The van der Waals surface area contributed by atoms with Crippen LogP contribution in [0.15, 0.2) is 18.2 Å². The van der Waals surface area contributed by atoms with E-state index in [4.69, 9.17) is 28.9 Å². The number of likely N-dealkylation sites (N-methyl/N-ethyl adjacent to an activating group) is 1. The molecule has 14 heavy (non-hydrogen) atoms. The molecule has 0 heterocycles. The molecule has 0 spiro atoms. The van der Waals surface area contributed by atoms with Gasteiger partial charge in [0.2, 0.25) is 0 Å². The number of hydrogen-bond donors (Lipinski definition) is 1. The van der Waals surface area contributed by atoms with Gasteiger partial charge < -0.3 is 10.6 Å². The van der Waals surface area contributed by atoms with Crippen LogP contribution in [-0.2, 0) is 0 Å². The maximum Gasteiger partial charge on any atom is 0.0479 e. The maximum atomic E-state index is 6.08. The van der Waals surface area contributed by atoms with Crippen molar-refractivity contribution < 1.29 is 0 Å². The van der Waals surface area contributed by atoms with Crippen LogP contribution in [0.3, 0.4) is 0 Å². The number of benzene rings is 1. The molecule has 2 N–H and O–H groups in total. The smallest absolute Gasteiger partial charge is 0.0479 e. The van der Waals surface area contributed by atoms with Crippen LogP contribution in [0, 0.1) is 0 Å². The van der Waals surface area contributed by atoms with Crippen molar-refractivity contribution in [1.29, 1.82) is 0 Å². The van der Waals surface area contributed by atoms with Crippen molar-refractivity contribution in [2.75, 3.05) is 20.6 Å². The van der Waals surface area contributed by atoms with Crippen molar-refractivity contribution in [2.24, 2.45) is 5.73 Å². The van der Waals surface area contributed by atoms with Gasteiger partial charge in [-0.25, -0.2) is 0 Å². The van der Waals surface area contributed by atoms with E-state index in [0.29, 0.717) is 16.6 Å². The predicted octanol–water partition coefficient (Wildman–Crippen LogP) is 2.55. The highest BCUT2D eigenvalue weighted by Gasteiger charge is 2.15. The summed E-state index contributed by atoms with van der Waals surface area (Å²) in [4.78, 5) is 2.04. The molecule has 0 aliphatic carbocycles. The second kappa shape index (κ2) is 4.99. The number of nitrogens with two attached hydrogens (primary N) is 1. The minimum Gasteiger partial charge on any atom is -0.329 e. The van der Waals surface area contributed by atoms with E-state index in [0.717, 1.165) is 5.56 Å². The molecule has 0 saturated carbocycles. The molecule has 1 aromatic carbocycles. The fourth-order valence-electron chi connectivity index (χ4n) is 1.39. The first-order valence-electron chi connectivity index (χ1n) is 4.37. The predicted molar refractivity (Wildman–Crippen MR) is 61.9 cm³/mol. The van der Waals surface area contributed by atoms with Gasteiger partial charge in [0.15, 0.2) is 0 Å². The summed E-state index contributed by atoms with van der Waals surface area (Å²) in [6, 6.07) is 5.63. The Bertz CT molecular complexity index is 313. The van der Waals surface area contributed by atoms with Gasteiger partial charge in [-0.3, -0.25) is 0 Å². The van der Waals surface area contributed by atoms with E-state index in [1.807, 2.05) is 31.1 Å². The molecule has 1 atom stereocenters. The monoisotopic (exact) mass is 232 g/mol. The van der Waals surface area contributed by atoms with Gasteiger partial charge in [-0.2, -0.15) is 0 Å². The zero-order chi connectivity index (χ0) is 10.7. The van der Waals surface area contributed by atoms with Crippen LogP contribution < -0.4 is 5.73 Å². The highest BCUT2D eigenvalue weighted by molar-refractivity contribution is 6.35. The molecule has 78 valence electrons. The Balaban J connectivity index is 3.04. The molecule has 0 amide bonds. The Hall–Kier alpha value is -0.280. The standard InChI is InChI=1S/C10H14Cl2N2/c1-14(2)10(6-13)8-4-3-7(11)5-9(8)12/h3-5,10H,6,13H2,1-2H3/t10-/m1/s1. The van der Waals surface area contributed by atoms with Gasteiger partial charge in [0, 0.05) is 22.6 Å². The normalized spacial score (nSPS) is 13.3. The zero-order valence-electron chi connectivity index (χ0n) is 8.30. The first kappa shape index (κ1) is 11.8. The summed E-state index contributed by atoms with van der Waals surface area (Å²) < 4.78 is 0. The Kier molecular flexibility index (Phi) is 4.20. The van der Waals surface area contributed by atoms with E-state index in [9.17, 15) is 0 Å². The molecule has 1 rings (SSSR count). The van der Waals surface area contributed by atoms with Crippen molar-refractivity contribution in [3.05, 3.63) is 33.8 Å². The van der Waals surface area contributed by atoms with E-state index in [1.54, 1.807) is 6.07 Å². The average Bonchev–Trinajstić information content (AvgIpc) is 2.09. The van der Waals surface area contributed by atoms with E-state index in [2.05, 4.69) is 0 Å². The van der Waals surface area contributed by atoms with Crippen LogP contribution in [0.2, 0.25) is 10.0 Å². The van der Waals surface area contributed by atoms with Crippen LogP contribution in [0.1, 0.15) is 11.6 Å². The lowest BCUT2D eigenvalue weighted by atomic mass is 10.1. The molecule has 1 aromatic rings. The lowest BCUT2D eigenvalue weighted by molar-refractivity contribution is 0.306. The Morgan fingerprint density at radius 1 is 1.36 bits per heavy atom. The highest BCUT2D eigenvalue weighted by Crippen LogP contribution is 2.27. The summed E-state index contributed by atoms with van der Waals surface area (Å²) in [6.07, 6.45) is 0. The van der Waals surface area contributed by atoms with Crippen molar-refractivity contribution in [3.8, 4) is 0 Å². The summed E-state index contributed by atoms with van der Waals surface area (Å²) in [6.45, 7) is 0.536. The maximum absolute atomic E-state index is 6.08. The van der Waals surface area contributed by atoms with Crippen LogP contribution in [0.5, 0.6) is 0 Å². The van der Waals surface area contributed by atoms with E-state index in [-0.39, 0.29) is 6.04 Å². The summed E-state index contributed by atoms with van der Waals surface area (Å²) in [5, 5.41) is 1.31. The fraction of sp³-hybridized carbons (Fsp3) is 0.400. The van der Waals surface area contributed by atoms with Gasteiger partial charge in [0.25, 0.3) is 0 Å². The molecule has 4 heteroatoms. The average molecular weight is 233 g/mol. The topological polar surface area (TPSA) is 29.3 Å². The van der Waals surface area contributed by atoms with Crippen LogP contribution >= 0.6 is 23.2 Å². The number of nitrogens with zero attached hydrogens (tertiary/aromatic N) is 1. The molecule has 2 nitrogen and oxygen atoms in total. The fourth-order valence-corrected chi connectivity index (χ4v) is 1.92. The Morgan fingerprint density at radius 3 is 2.43 bits per heavy atom. The molecule has 0 radical (unpaired) electrons. The number of rotatable bonds is 3. The third kappa shape index (κ3) is 2.61. The van der Waals surface area contributed by atoms with Gasteiger partial charge in [0.05, 0.1) is 0 Å². The van der Waals surface area contributed by atoms with Gasteiger partial charge in [-0.05, 0) is 31.8 Å². The number of hydrogen-bond acceptors (Lipinski definition) is 2. The first-order chi connectivity index (χ1) is 6.56. The van der Waals surface area contributed by atoms with Crippen molar-refractivity contribution in [2.45, 2.75) is 6.04 Å². The van der Waals surface area contributed by atoms with Crippen LogP contribution in [0.4, 0.5) is 0 Å². The third-order valence-electron chi connectivity index (χ3n) is 2.17. The lowest BCUT2D eigenvalue weighted by Gasteiger charge is -2.24. The molecule has 0 aliphatic heterocycles. The van der Waals surface area contributed by atoms with Crippen molar-refractivity contribution in [3.63, 3.8) is 0 Å². The minimum atomic E-state index is 0.139. The zero-order valence-corrected chi connectivity index (χ0v) is 9.81. The minimum absolute atomic E-state index is 0.139. The quantitative estimate of drug-likeness (QED) is 0.869. The van der Waals surface area contributed by atoms with Crippen molar-refractivity contribution >= 4 is 23.2 Å². The summed E-state index contributed by atoms with van der Waals surface area (Å²) in [5.41, 5.74) is 6.70. The molecular formula is C10H14Cl2N2. The lowest BCUT2D eigenvalue weighted by Crippen LogP contribution is -2.27. The molecule has 0 fully saturated rings. The molecule has 0 aromatic heterocycles. The van der Waals surface area contributed by atoms with Crippen LogP contribution in [-0.4, -0.2) is 25.5 Å².